The summed E-state index contributed by atoms with van der Waals surface area (Å²) >= 11 is 0. The molecule has 0 atom stereocenters. The van der Waals surface area contributed by atoms with Gasteiger partial charge in [0.2, 0.25) is 0 Å². The first-order valence-corrected chi connectivity index (χ1v) is 9.10. The number of Topliss-reactive ketones (excluding diaryl/α,β-unsaturated/α-hetero) is 1. The van der Waals surface area contributed by atoms with E-state index in [1.807, 2.05) is 12.1 Å². The summed E-state index contributed by atoms with van der Waals surface area (Å²) in [5.74, 6) is 0.883. The molecule has 0 saturated heterocycles. The van der Waals surface area contributed by atoms with Crippen LogP contribution < -0.4 is 10.1 Å². The van der Waals surface area contributed by atoms with Gasteiger partial charge in [-0.1, -0.05) is 6.07 Å². The van der Waals surface area contributed by atoms with Crippen molar-refractivity contribution in [1.82, 2.24) is 9.78 Å². The maximum absolute atomic E-state index is 13.0. The summed E-state index contributed by atoms with van der Waals surface area (Å²) in [5.41, 5.74) is 1.39. The van der Waals surface area contributed by atoms with Crippen molar-refractivity contribution >= 4 is 17.3 Å². The first-order valence-electron chi connectivity index (χ1n) is 9.10. The lowest BCUT2D eigenvalue weighted by Crippen LogP contribution is -2.13. The van der Waals surface area contributed by atoms with Crippen molar-refractivity contribution in [3.8, 4) is 11.4 Å². The number of ketones is 1. The molecule has 0 radical (unpaired) electrons. The number of nitrogens with zero attached hydrogens (tertiary/aromatic N) is 2. The van der Waals surface area contributed by atoms with E-state index in [9.17, 15) is 18.0 Å². The summed E-state index contributed by atoms with van der Waals surface area (Å²) in [6.07, 6.45) is -2.70. The normalized spacial score (nSPS) is 13.9. The van der Waals surface area contributed by atoms with Crippen molar-refractivity contribution in [2.45, 2.75) is 25.4 Å². The van der Waals surface area contributed by atoms with Crippen molar-refractivity contribution in [1.29, 1.82) is 0 Å². The fourth-order valence-corrected chi connectivity index (χ4v) is 3.45. The molecular weight excluding hydrogens is 383 g/mol. The van der Waals surface area contributed by atoms with Crippen molar-refractivity contribution in [2.75, 3.05) is 12.4 Å². The van der Waals surface area contributed by atoms with E-state index in [4.69, 9.17) is 4.74 Å². The quantitative estimate of drug-likeness (QED) is 0.656. The molecule has 29 heavy (non-hydrogen) atoms. The van der Waals surface area contributed by atoms with E-state index >= 15 is 0 Å². The molecule has 1 aromatic heterocycles. The van der Waals surface area contributed by atoms with Gasteiger partial charge in [0, 0.05) is 12.1 Å². The van der Waals surface area contributed by atoms with Gasteiger partial charge in [-0.3, -0.25) is 4.79 Å². The number of benzene rings is 2. The maximum atomic E-state index is 13.0. The van der Waals surface area contributed by atoms with Crippen LogP contribution >= 0.6 is 0 Å². The van der Waals surface area contributed by atoms with E-state index in [0.717, 1.165) is 23.5 Å². The minimum atomic E-state index is -4.45. The highest BCUT2D eigenvalue weighted by Gasteiger charge is 2.31. The highest BCUT2D eigenvalue weighted by molar-refractivity contribution is 6.03. The lowest BCUT2D eigenvalue weighted by Gasteiger charge is -2.14. The molecule has 1 aliphatic carbocycles. The monoisotopic (exact) mass is 401 g/mol. The molecule has 0 amide bonds. The van der Waals surface area contributed by atoms with Gasteiger partial charge in [-0.05, 0) is 55.3 Å². The molecular formula is C21H18F3N3O2. The summed E-state index contributed by atoms with van der Waals surface area (Å²) in [6.45, 7) is 0. The van der Waals surface area contributed by atoms with Crippen molar-refractivity contribution in [3.05, 3.63) is 65.4 Å². The molecule has 5 nitrogen and oxygen atoms in total. The summed E-state index contributed by atoms with van der Waals surface area (Å²) in [7, 11) is 1.57. The Labute approximate surface area is 165 Å². The van der Waals surface area contributed by atoms with Gasteiger partial charge in [0.1, 0.15) is 5.75 Å². The second-order valence-corrected chi connectivity index (χ2v) is 6.76. The third kappa shape index (κ3) is 3.70. The number of ether oxygens (including phenoxy) is 1. The number of methoxy groups -OCH3 is 1. The molecule has 0 saturated carbocycles. The molecule has 3 aromatic rings. The van der Waals surface area contributed by atoms with Gasteiger partial charge in [-0.2, -0.15) is 13.2 Å². The number of alkyl halides is 3. The van der Waals surface area contributed by atoms with Crippen LogP contribution in [-0.2, 0) is 12.6 Å². The van der Waals surface area contributed by atoms with E-state index in [1.54, 1.807) is 23.9 Å². The predicted molar refractivity (Wildman–Crippen MR) is 102 cm³/mol. The van der Waals surface area contributed by atoms with Gasteiger partial charge in [0.25, 0.3) is 0 Å². The highest BCUT2D eigenvalue weighted by Crippen LogP contribution is 2.34. The SMILES string of the molecule is COc1ccc(-n2nc(Nc3cccc(C(F)(F)F)c3)c3c2CCCC3=O)cc1. The van der Waals surface area contributed by atoms with Crippen LogP contribution in [0.15, 0.2) is 48.5 Å². The molecule has 0 bridgehead atoms. The molecule has 150 valence electrons. The molecule has 4 rings (SSSR count). The average Bonchev–Trinajstić information content (AvgIpc) is 3.07. The third-order valence-electron chi connectivity index (χ3n) is 4.85. The highest BCUT2D eigenvalue weighted by atomic mass is 19.4. The molecule has 2 aromatic carbocycles. The number of fused-ring (bicyclic) bond motifs is 1. The largest absolute Gasteiger partial charge is 0.497 e. The Morgan fingerprint density at radius 2 is 1.86 bits per heavy atom. The Kier molecular flexibility index (Phi) is 4.77. The molecule has 1 aliphatic rings. The van der Waals surface area contributed by atoms with Gasteiger partial charge >= 0.3 is 6.18 Å². The number of hydrogen-bond donors (Lipinski definition) is 1. The smallest absolute Gasteiger partial charge is 0.416 e. The summed E-state index contributed by atoms with van der Waals surface area (Å²) < 4.78 is 45.9. The van der Waals surface area contributed by atoms with E-state index in [1.165, 1.54) is 12.1 Å². The number of halogens is 3. The van der Waals surface area contributed by atoms with Crippen LogP contribution in [0.3, 0.4) is 0 Å². The Hall–Kier alpha value is -3.29. The first-order chi connectivity index (χ1) is 13.9. The summed E-state index contributed by atoms with van der Waals surface area (Å²) in [4.78, 5) is 12.6. The molecule has 1 heterocycles. The molecule has 0 fully saturated rings. The maximum Gasteiger partial charge on any atom is 0.416 e. The van der Waals surface area contributed by atoms with Crippen LogP contribution in [0.2, 0.25) is 0 Å². The number of aromatic nitrogens is 2. The zero-order valence-electron chi connectivity index (χ0n) is 15.6. The Morgan fingerprint density at radius 3 is 2.55 bits per heavy atom. The molecule has 0 unspecified atom stereocenters. The van der Waals surface area contributed by atoms with E-state index in [-0.39, 0.29) is 17.3 Å². The number of carbonyl (C=O) groups excluding carboxylic acids is 1. The lowest BCUT2D eigenvalue weighted by atomic mass is 9.95. The lowest BCUT2D eigenvalue weighted by molar-refractivity contribution is -0.137. The molecule has 0 aliphatic heterocycles. The molecule has 8 heteroatoms. The minimum absolute atomic E-state index is 0.0690. The zero-order valence-corrected chi connectivity index (χ0v) is 15.6. The van der Waals surface area contributed by atoms with Crippen LogP contribution in [0.4, 0.5) is 24.7 Å². The van der Waals surface area contributed by atoms with Gasteiger partial charge in [-0.25, -0.2) is 4.68 Å². The Bertz CT molecular complexity index is 1060. The van der Waals surface area contributed by atoms with Gasteiger partial charge in [0.05, 0.1) is 29.6 Å². The minimum Gasteiger partial charge on any atom is -0.497 e. The van der Waals surface area contributed by atoms with E-state index < -0.39 is 11.7 Å². The van der Waals surface area contributed by atoms with E-state index in [2.05, 4.69) is 10.4 Å². The number of carbonyl (C=O) groups is 1. The second kappa shape index (κ2) is 7.27. The van der Waals surface area contributed by atoms with Crippen LogP contribution in [0.5, 0.6) is 5.75 Å². The second-order valence-electron chi connectivity index (χ2n) is 6.76. The van der Waals surface area contributed by atoms with E-state index in [0.29, 0.717) is 30.6 Å². The fourth-order valence-electron chi connectivity index (χ4n) is 3.45. The van der Waals surface area contributed by atoms with Gasteiger partial charge in [-0.15, -0.1) is 5.10 Å². The summed E-state index contributed by atoms with van der Waals surface area (Å²) in [5, 5.41) is 7.43. The molecule has 1 N–H and O–H groups in total. The first kappa shape index (κ1) is 19.0. The van der Waals surface area contributed by atoms with Crippen LogP contribution in [0.1, 0.15) is 34.5 Å². The number of nitrogens with one attached hydrogen (secondary N) is 1. The van der Waals surface area contributed by atoms with Gasteiger partial charge in [0.15, 0.2) is 11.6 Å². The molecule has 0 spiro atoms. The van der Waals surface area contributed by atoms with Crippen molar-refractivity contribution in [2.24, 2.45) is 0 Å². The topological polar surface area (TPSA) is 56.1 Å². The van der Waals surface area contributed by atoms with Crippen LogP contribution in [0, 0.1) is 0 Å². The summed E-state index contributed by atoms with van der Waals surface area (Å²) in [6, 6.07) is 12.1. The standard InChI is InChI=1S/C21H18F3N3O2/c1-29-16-10-8-15(9-11-16)27-17-6-3-7-18(28)19(17)20(26-27)25-14-5-2-4-13(12-14)21(22,23)24/h2,4-5,8-12H,3,6-7H2,1H3,(H,25,26). The van der Waals surface area contributed by atoms with Crippen molar-refractivity contribution < 1.29 is 22.7 Å². The van der Waals surface area contributed by atoms with Crippen LogP contribution in [-0.4, -0.2) is 22.7 Å². The predicted octanol–water partition coefficient (Wildman–Crippen LogP) is 5.16. The Morgan fingerprint density at radius 1 is 1.10 bits per heavy atom. The van der Waals surface area contributed by atoms with Crippen molar-refractivity contribution in [3.63, 3.8) is 0 Å². The van der Waals surface area contributed by atoms with Crippen LogP contribution in [0.25, 0.3) is 5.69 Å². The Balaban J connectivity index is 1.76. The van der Waals surface area contributed by atoms with Gasteiger partial charge < -0.3 is 10.1 Å². The average molecular weight is 401 g/mol. The third-order valence-corrected chi connectivity index (χ3v) is 4.85. The zero-order chi connectivity index (χ0) is 20.6. The number of anilines is 2. The number of hydrogen-bond acceptors (Lipinski definition) is 4. The number of rotatable bonds is 4. The fraction of sp³-hybridized carbons (Fsp3) is 0.238.